The topological polar surface area (TPSA) is 88.7 Å². The number of amides is 2. The highest BCUT2D eigenvalue weighted by Crippen LogP contribution is 2.10. The SMILES string of the molecule is CONC=C1NC(=O)[C@H]1NC(=O)OCc1ccccc1. The van der Waals surface area contributed by atoms with Gasteiger partial charge >= 0.3 is 6.09 Å². The molecule has 20 heavy (non-hydrogen) atoms. The van der Waals surface area contributed by atoms with Gasteiger partial charge in [-0.15, -0.1) is 0 Å². The van der Waals surface area contributed by atoms with Crippen molar-refractivity contribution in [3.63, 3.8) is 0 Å². The van der Waals surface area contributed by atoms with Gasteiger partial charge in [0.15, 0.2) is 6.04 Å². The molecular formula is C13H15N3O4. The third-order valence-electron chi connectivity index (χ3n) is 2.65. The Hall–Kier alpha value is -2.54. The maximum absolute atomic E-state index is 11.6. The lowest BCUT2D eigenvalue weighted by Gasteiger charge is -2.29. The Morgan fingerprint density at radius 3 is 2.80 bits per heavy atom. The molecule has 2 rings (SSSR count). The molecule has 1 aliphatic rings. The van der Waals surface area contributed by atoms with E-state index in [9.17, 15) is 9.59 Å². The maximum Gasteiger partial charge on any atom is 0.408 e. The van der Waals surface area contributed by atoms with E-state index in [2.05, 4.69) is 21.0 Å². The van der Waals surface area contributed by atoms with E-state index in [0.29, 0.717) is 5.70 Å². The standard InChI is InChI=1S/C13H15N3O4/c1-19-14-7-10-11(12(17)15-10)16-13(18)20-8-9-5-3-2-4-6-9/h2-7,11,14H,8H2,1H3,(H,15,17)(H,16,18)/t11-/m0/s1. The first-order valence-electron chi connectivity index (χ1n) is 5.97. The zero-order valence-electron chi connectivity index (χ0n) is 10.9. The smallest absolute Gasteiger partial charge is 0.408 e. The Balaban J connectivity index is 1.80. The molecule has 3 N–H and O–H groups in total. The molecule has 0 spiro atoms. The first-order valence-corrected chi connectivity index (χ1v) is 5.97. The molecular weight excluding hydrogens is 262 g/mol. The summed E-state index contributed by atoms with van der Waals surface area (Å²) >= 11 is 0. The molecule has 7 heteroatoms. The van der Waals surface area contributed by atoms with Gasteiger partial charge in [0.1, 0.15) is 6.61 Å². The Labute approximate surface area is 115 Å². The molecule has 0 saturated carbocycles. The number of alkyl carbamates (subject to hydrolysis) is 1. The van der Waals surface area contributed by atoms with Crippen LogP contribution in [0.15, 0.2) is 42.2 Å². The van der Waals surface area contributed by atoms with E-state index in [4.69, 9.17) is 4.74 Å². The lowest BCUT2D eigenvalue weighted by atomic mass is 10.1. The number of carbonyl (C=O) groups excluding carboxylic acids is 2. The predicted octanol–water partition coefficient (Wildman–Crippen LogP) is 0.404. The van der Waals surface area contributed by atoms with E-state index in [1.807, 2.05) is 30.3 Å². The molecule has 0 aromatic heterocycles. The fraction of sp³-hybridized carbons (Fsp3) is 0.231. The van der Waals surface area contributed by atoms with Crippen LogP contribution in [-0.4, -0.2) is 25.2 Å². The van der Waals surface area contributed by atoms with E-state index < -0.39 is 12.1 Å². The van der Waals surface area contributed by atoms with Crippen molar-refractivity contribution in [1.82, 2.24) is 16.1 Å². The second-order valence-electron chi connectivity index (χ2n) is 4.05. The van der Waals surface area contributed by atoms with Gasteiger partial charge in [0.05, 0.1) is 12.8 Å². The highest BCUT2D eigenvalue weighted by molar-refractivity contribution is 5.96. The summed E-state index contributed by atoms with van der Waals surface area (Å²) in [4.78, 5) is 27.5. The summed E-state index contributed by atoms with van der Waals surface area (Å²) in [5.41, 5.74) is 3.84. The fourth-order valence-electron chi connectivity index (χ4n) is 1.62. The number of hydrogen-bond donors (Lipinski definition) is 3. The zero-order chi connectivity index (χ0) is 14.4. The molecule has 7 nitrogen and oxygen atoms in total. The summed E-state index contributed by atoms with van der Waals surface area (Å²) in [6.45, 7) is 0.149. The second kappa shape index (κ2) is 6.58. The summed E-state index contributed by atoms with van der Waals surface area (Å²) in [7, 11) is 1.44. The van der Waals surface area contributed by atoms with Gasteiger partial charge in [-0.3, -0.25) is 15.1 Å². The molecule has 0 aliphatic carbocycles. The monoisotopic (exact) mass is 277 g/mol. The summed E-state index contributed by atoms with van der Waals surface area (Å²) < 4.78 is 5.03. The van der Waals surface area contributed by atoms with Crippen molar-refractivity contribution in [2.75, 3.05) is 7.11 Å². The van der Waals surface area contributed by atoms with Gasteiger partial charge in [0.2, 0.25) is 0 Å². The Bertz CT molecular complexity index is 516. The van der Waals surface area contributed by atoms with Crippen LogP contribution >= 0.6 is 0 Å². The largest absolute Gasteiger partial charge is 0.445 e. The van der Waals surface area contributed by atoms with Crippen LogP contribution in [0.3, 0.4) is 0 Å². The van der Waals surface area contributed by atoms with Crippen LogP contribution in [0.25, 0.3) is 0 Å². The third-order valence-corrected chi connectivity index (χ3v) is 2.65. The molecule has 106 valence electrons. The zero-order valence-corrected chi connectivity index (χ0v) is 10.9. The number of rotatable bonds is 5. The molecule has 1 aliphatic heterocycles. The first-order chi connectivity index (χ1) is 9.70. The average molecular weight is 277 g/mol. The predicted molar refractivity (Wildman–Crippen MR) is 69.9 cm³/mol. The van der Waals surface area contributed by atoms with Gasteiger partial charge in [0, 0.05) is 6.20 Å². The van der Waals surface area contributed by atoms with Crippen LogP contribution in [0.4, 0.5) is 4.79 Å². The van der Waals surface area contributed by atoms with Crippen molar-refractivity contribution >= 4 is 12.0 Å². The Kier molecular flexibility index (Phi) is 4.56. The Morgan fingerprint density at radius 2 is 2.15 bits per heavy atom. The molecule has 0 radical (unpaired) electrons. The summed E-state index contributed by atoms with van der Waals surface area (Å²) in [6.07, 6.45) is 0.792. The fourth-order valence-corrected chi connectivity index (χ4v) is 1.62. The van der Waals surface area contributed by atoms with Crippen LogP contribution < -0.4 is 16.1 Å². The van der Waals surface area contributed by atoms with Crippen molar-refractivity contribution in [3.05, 3.63) is 47.8 Å². The average Bonchev–Trinajstić information content (AvgIpc) is 2.48. The van der Waals surface area contributed by atoms with Crippen LogP contribution in [0, 0.1) is 0 Å². The highest BCUT2D eigenvalue weighted by Gasteiger charge is 2.35. The van der Waals surface area contributed by atoms with Crippen LogP contribution in [-0.2, 0) is 21.0 Å². The summed E-state index contributed by atoms with van der Waals surface area (Å²) in [5.74, 6) is -0.300. The number of carbonyl (C=O) groups is 2. The molecule has 1 aromatic carbocycles. The normalized spacial score (nSPS) is 18.9. The minimum atomic E-state index is -0.735. The number of hydroxylamine groups is 1. The number of β-lactam (4-membered cyclic amide) rings is 1. The molecule has 1 heterocycles. The van der Waals surface area contributed by atoms with E-state index in [1.54, 1.807) is 0 Å². The van der Waals surface area contributed by atoms with E-state index in [-0.39, 0.29) is 12.5 Å². The highest BCUT2D eigenvalue weighted by atomic mass is 16.6. The molecule has 1 aromatic rings. The van der Waals surface area contributed by atoms with E-state index >= 15 is 0 Å². The second-order valence-corrected chi connectivity index (χ2v) is 4.05. The van der Waals surface area contributed by atoms with E-state index in [1.165, 1.54) is 13.3 Å². The van der Waals surface area contributed by atoms with Gasteiger partial charge in [-0.05, 0) is 5.56 Å². The molecule has 1 saturated heterocycles. The molecule has 1 fully saturated rings. The van der Waals surface area contributed by atoms with E-state index in [0.717, 1.165) is 5.56 Å². The summed E-state index contributed by atoms with van der Waals surface area (Å²) in [6, 6.07) is 8.54. The van der Waals surface area contributed by atoms with Gasteiger partial charge in [0.25, 0.3) is 5.91 Å². The quantitative estimate of drug-likeness (QED) is 0.535. The minimum Gasteiger partial charge on any atom is -0.445 e. The van der Waals surface area contributed by atoms with Gasteiger partial charge < -0.3 is 15.4 Å². The van der Waals surface area contributed by atoms with Gasteiger partial charge in [-0.2, -0.15) is 0 Å². The minimum absolute atomic E-state index is 0.149. The first kappa shape index (κ1) is 13.9. The van der Waals surface area contributed by atoms with Crippen molar-refractivity contribution in [2.45, 2.75) is 12.6 Å². The number of hydrogen-bond acceptors (Lipinski definition) is 5. The Morgan fingerprint density at radius 1 is 1.40 bits per heavy atom. The molecule has 2 amide bonds. The van der Waals surface area contributed by atoms with Gasteiger partial charge in [-0.25, -0.2) is 4.79 Å². The molecule has 0 bridgehead atoms. The van der Waals surface area contributed by atoms with Crippen LogP contribution in [0.2, 0.25) is 0 Å². The van der Waals surface area contributed by atoms with Crippen molar-refractivity contribution in [2.24, 2.45) is 0 Å². The lowest BCUT2D eigenvalue weighted by molar-refractivity contribution is -0.125. The van der Waals surface area contributed by atoms with Crippen molar-refractivity contribution in [3.8, 4) is 0 Å². The van der Waals surface area contributed by atoms with Crippen molar-refractivity contribution < 1.29 is 19.2 Å². The third kappa shape index (κ3) is 3.48. The summed E-state index contributed by atoms with van der Waals surface area (Å²) in [5, 5.41) is 4.97. The van der Waals surface area contributed by atoms with Crippen LogP contribution in [0.1, 0.15) is 5.56 Å². The lowest BCUT2D eigenvalue weighted by Crippen LogP contribution is -2.60. The number of ether oxygens (including phenoxy) is 1. The number of nitrogens with one attached hydrogen (secondary N) is 3. The van der Waals surface area contributed by atoms with Gasteiger partial charge in [-0.1, -0.05) is 30.3 Å². The molecule has 0 unspecified atom stereocenters. The van der Waals surface area contributed by atoms with Crippen molar-refractivity contribution in [1.29, 1.82) is 0 Å². The maximum atomic E-state index is 11.6. The number of benzene rings is 1. The van der Waals surface area contributed by atoms with Crippen LogP contribution in [0.5, 0.6) is 0 Å². The molecule has 1 atom stereocenters.